The Labute approximate surface area is 119 Å². The fraction of sp³-hybridized carbons (Fsp3) is 0.438. The summed E-state index contributed by atoms with van der Waals surface area (Å²) in [5, 5.41) is 0. The van der Waals surface area contributed by atoms with Crippen molar-refractivity contribution < 1.29 is 4.39 Å². The first kappa shape index (κ1) is 14.7. The predicted octanol–water partition coefficient (Wildman–Crippen LogP) is 3.31. The molecule has 4 heteroatoms. The highest BCUT2D eigenvalue weighted by atomic mass is 19.1. The van der Waals surface area contributed by atoms with Crippen molar-refractivity contribution in [1.29, 1.82) is 0 Å². The fourth-order valence-corrected chi connectivity index (χ4v) is 2.40. The van der Waals surface area contributed by atoms with E-state index < -0.39 is 0 Å². The quantitative estimate of drug-likeness (QED) is 0.879. The monoisotopic (exact) mass is 275 g/mol. The van der Waals surface area contributed by atoms with Gasteiger partial charge in [-0.3, -0.25) is 0 Å². The second kappa shape index (κ2) is 6.66. The summed E-state index contributed by atoms with van der Waals surface area (Å²) in [5.74, 6) is 0.362. The number of aryl methyl sites for hydroxylation is 2. The van der Waals surface area contributed by atoms with Gasteiger partial charge in [0.25, 0.3) is 0 Å². The minimum absolute atomic E-state index is 0.00464. The zero-order valence-corrected chi connectivity index (χ0v) is 12.1. The molecule has 0 saturated carbocycles. The summed E-state index contributed by atoms with van der Waals surface area (Å²) in [7, 11) is 0. The van der Waals surface area contributed by atoms with Gasteiger partial charge in [-0.25, -0.2) is 9.37 Å². The van der Waals surface area contributed by atoms with Crippen molar-refractivity contribution in [3.05, 3.63) is 53.9 Å². The molecular formula is C16H22FN3. The van der Waals surface area contributed by atoms with Gasteiger partial charge < -0.3 is 10.3 Å². The van der Waals surface area contributed by atoms with Crippen LogP contribution in [0.4, 0.5) is 4.39 Å². The van der Waals surface area contributed by atoms with Gasteiger partial charge >= 0.3 is 0 Å². The van der Waals surface area contributed by atoms with Crippen molar-refractivity contribution in [2.75, 3.05) is 0 Å². The van der Waals surface area contributed by atoms with Crippen LogP contribution in [0.15, 0.2) is 36.8 Å². The van der Waals surface area contributed by atoms with E-state index in [-0.39, 0.29) is 11.9 Å². The maximum Gasteiger partial charge on any atom is 0.123 e. The Balaban J connectivity index is 2.02. The van der Waals surface area contributed by atoms with Crippen molar-refractivity contribution in [2.24, 2.45) is 11.7 Å². The van der Waals surface area contributed by atoms with Crippen LogP contribution in [-0.4, -0.2) is 9.55 Å². The lowest BCUT2D eigenvalue weighted by Crippen LogP contribution is -2.17. The van der Waals surface area contributed by atoms with Gasteiger partial charge in [0.1, 0.15) is 5.82 Å². The van der Waals surface area contributed by atoms with Crippen molar-refractivity contribution in [3.63, 3.8) is 0 Å². The molecule has 0 spiro atoms. The number of rotatable bonds is 6. The van der Waals surface area contributed by atoms with E-state index in [4.69, 9.17) is 5.73 Å². The number of imidazole rings is 1. The molecule has 0 aliphatic heterocycles. The van der Waals surface area contributed by atoms with Crippen LogP contribution < -0.4 is 5.73 Å². The molecule has 0 aliphatic rings. The minimum Gasteiger partial charge on any atom is -0.333 e. The second-order valence-electron chi connectivity index (χ2n) is 5.63. The van der Waals surface area contributed by atoms with Crippen LogP contribution in [0.25, 0.3) is 0 Å². The van der Waals surface area contributed by atoms with Gasteiger partial charge in [0, 0.05) is 18.8 Å². The molecule has 20 heavy (non-hydrogen) atoms. The Morgan fingerprint density at radius 2 is 2.15 bits per heavy atom. The summed E-state index contributed by atoms with van der Waals surface area (Å²) < 4.78 is 15.2. The average Bonchev–Trinajstić information content (AvgIpc) is 2.84. The minimum atomic E-state index is -0.190. The van der Waals surface area contributed by atoms with Gasteiger partial charge in [-0.1, -0.05) is 26.0 Å². The van der Waals surface area contributed by atoms with Crippen LogP contribution in [0.1, 0.15) is 37.6 Å². The first-order valence-corrected chi connectivity index (χ1v) is 7.06. The van der Waals surface area contributed by atoms with Crippen molar-refractivity contribution in [2.45, 2.75) is 39.3 Å². The van der Waals surface area contributed by atoms with E-state index in [2.05, 4.69) is 23.4 Å². The zero-order valence-electron chi connectivity index (χ0n) is 12.1. The van der Waals surface area contributed by atoms with E-state index in [0.29, 0.717) is 5.92 Å². The topological polar surface area (TPSA) is 43.8 Å². The van der Waals surface area contributed by atoms with E-state index >= 15 is 0 Å². The summed E-state index contributed by atoms with van der Waals surface area (Å²) in [5.41, 5.74) is 8.25. The SMILES string of the molecule is CC(C)CC(N)c1cncn1CCc1cccc(F)c1. The third-order valence-corrected chi connectivity index (χ3v) is 3.38. The molecule has 0 fully saturated rings. The fourth-order valence-electron chi connectivity index (χ4n) is 2.40. The normalized spacial score (nSPS) is 12.8. The molecule has 0 bridgehead atoms. The number of halogens is 1. The van der Waals surface area contributed by atoms with Crippen LogP contribution >= 0.6 is 0 Å². The molecule has 0 saturated heterocycles. The number of nitrogens with zero attached hydrogens (tertiary/aromatic N) is 2. The molecular weight excluding hydrogens is 253 g/mol. The van der Waals surface area contributed by atoms with E-state index in [1.54, 1.807) is 18.5 Å². The van der Waals surface area contributed by atoms with Crippen LogP contribution in [0.3, 0.4) is 0 Å². The highest BCUT2D eigenvalue weighted by Gasteiger charge is 2.13. The number of aromatic nitrogens is 2. The molecule has 2 aromatic rings. The lowest BCUT2D eigenvalue weighted by molar-refractivity contribution is 0.483. The van der Waals surface area contributed by atoms with Crippen LogP contribution in [0, 0.1) is 11.7 Å². The molecule has 3 nitrogen and oxygen atoms in total. The second-order valence-corrected chi connectivity index (χ2v) is 5.63. The molecule has 1 atom stereocenters. The first-order chi connectivity index (χ1) is 9.56. The van der Waals surface area contributed by atoms with Crippen LogP contribution in [0.5, 0.6) is 0 Å². The Hall–Kier alpha value is -1.68. The maximum absolute atomic E-state index is 13.1. The van der Waals surface area contributed by atoms with Crippen LogP contribution in [-0.2, 0) is 13.0 Å². The van der Waals surface area contributed by atoms with Crippen molar-refractivity contribution in [3.8, 4) is 0 Å². The largest absolute Gasteiger partial charge is 0.333 e. The van der Waals surface area contributed by atoms with E-state index in [0.717, 1.165) is 30.6 Å². The van der Waals surface area contributed by atoms with Gasteiger partial charge in [0.2, 0.25) is 0 Å². The summed E-state index contributed by atoms with van der Waals surface area (Å²) in [6, 6.07) is 6.72. The Morgan fingerprint density at radius 1 is 1.35 bits per heavy atom. The summed E-state index contributed by atoms with van der Waals surface area (Å²) in [6.07, 6.45) is 5.34. The molecule has 108 valence electrons. The first-order valence-electron chi connectivity index (χ1n) is 7.06. The highest BCUT2D eigenvalue weighted by molar-refractivity contribution is 5.16. The highest BCUT2D eigenvalue weighted by Crippen LogP contribution is 2.18. The van der Waals surface area contributed by atoms with E-state index in [1.807, 2.05) is 12.3 Å². The lowest BCUT2D eigenvalue weighted by Gasteiger charge is -2.16. The average molecular weight is 275 g/mol. The Morgan fingerprint density at radius 3 is 2.85 bits per heavy atom. The Kier molecular flexibility index (Phi) is 4.90. The number of benzene rings is 1. The lowest BCUT2D eigenvalue weighted by atomic mass is 10.0. The summed E-state index contributed by atoms with van der Waals surface area (Å²) in [4.78, 5) is 4.19. The number of nitrogens with two attached hydrogens (primary N) is 1. The number of hydrogen-bond donors (Lipinski definition) is 1. The van der Waals surface area contributed by atoms with Crippen molar-refractivity contribution in [1.82, 2.24) is 9.55 Å². The molecule has 2 rings (SSSR count). The van der Waals surface area contributed by atoms with Crippen LogP contribution in [0.2, 0.25) is 0 Å². The maximum atomic E-state index is 13.1. The number of hydrogen-bond acceptors (Lipinski definition) is 2. The van der Waals surface area contributed by atoms with Gasteiger partial charge in [-0.2, -0.15) is 0 Å². The summed E-state index contributed by atoms with van der Waals surface area (Å²) >= 11 is 0. The van der Waals surface area contributed by atoms with Gasteiger partial charge in [0.15, 0.2) is 0 Å². The molecule has 1 heterocycles. The predicted molar refractivity (Wildman–Crippen MR) is 78.7 cm³/mol. The molecule has 2 N–H and O–H groups in total. The van der Waals surface area contributed by atoms with Crippen molar-refractivity contribution >= 4 is 0 Å². The third-order valence-electron chi connectivity index (χ3n) is 3.38. The van der Waals surface area contributed by atoms with E-state index in [1.165, 1.54) is 6.07 Å². The van der Waals surface area contributed by atoms with E-state index in [9.17, 15) is 4.39 Å². The molecule has 0 amide bonds. The molecule has 0 radical (unpaired) electrons. The third kappa shape index (κ3) is 3.90. The molecule has 0 aliphatic carbocycles. The molecule has 1 aromatic carbocycles. The van der Waals surface area contributed by atoms with Gasteiger partial charge in [0.05, 0.1) is 12.0 Å². The van der Waals surface area contributed by atoms with Gasteiger partial charge in [-0.05, 0) is 36.5 Å². The molecule has 1 aromatic heterocycles. The Bertz CT molecular complexity index is 548. The van der Waals surface area contributed by atoms with Gasteiger partial charge in [-0.15, -0.1) is 0 Å². The standard InChI is InChI=1S/C16H22FN3/c1-12(2)8-15(18)16-10-19-11-20(16)7-6-13-4-3-5-14(17)9-13/h3-5,9-12,15H,6-8,18H2,1-2H3. The summed E-state index contributed by atoms with van der Waals surface area (Å²) in [6.45, 7) is 5.09. The molecule has 1 unspecified atom stereocenters. The smallest absolute Gasteiger partial charge is 0.123 e. The zero-order chi connectivity index (χ0) is 14.5.